The van der Waals surface area contributed by atoms with Crippen molar-refractivity contribution in [2.75, 3.05) is 33.4 Å². The van der Waals surface area contributed by atoms with E-state index in [2.05, 4.69) is 46.5 Å². The number of likely N-dealkylation sites (tertiary alicyclic amines) is 1. The molecule has 0 spiro atoms. The van der Waals surface area contributed by atoms with Crippen molar-refractivity contribution in [3.8, 4) is 0 Å². The second-order valence-corrected chi connectivity index (χ2v) is 11.0. The fourth-order valence-electron chi connectivity index (χ4n) is 5.95. The summed E-state index contributed by atoms with van der Waals surface area (Å²) < 4.78 is 17.6. The third-order valence-electron chi connectivity index (χ3n) is 8.30. The van der Waals surface area contributed by atoms with Gasteiger partial charge in [0.2, 0.25) is 0 Å². The van der Waals surface area contributed by atoms with E-state index >= 15 is 0 Å². The van der Waals surface area contributed by atoms with Crippen LogP contribution in [0.1, 0.15) is 78.4 Å². The van der Waals surface area contributed by atoms with Crippen LogP contribution in [0.15, 0.2) is 36.7 Å². The topological polar surface area (TPSA) is 85.8 Å². The van der Waals surface area contributed by atoms with E-state index in [1.54, 1.807) is 7.11 Å². The number of nitrogens with one attached hydrogen (secondary N) is 1. The number of aromatic nitrogens is 2. The van der Waals surface area contributed by atoms with Crippen LogP contribution in [0.2, 0.25) is 0 Å². The first-order valence-electron chi connectivity index (χ1n) is 14.3. The number of aryl methyl sites for hydroxylation is 2. The molecule has 1 aromatic carbocycles. The van der Waals surface area contributed by atoms with Crippen LogP contribution in [0, 0.1) is 6.92 Å². The van der Waals surface area contributed by atoms with Crippen molar-refractivity contribution in [2.45, 2.75) is 88.7 Å². The predicted molar refractivity (Wildman–Crippen MR) is 145 cm³/mol. The molecule has 38 heavy (non-hydrogen) atoms. The number of hydrogen-bond donors (Lipinski definition) is 1. The van der Waals surface area contributed by atoms with E-state index < -0.39 is 0 Å². The van der Waals surface area contributed by atoms with E-state index in [4.69, 9.17) is 14.2 Å². The van der Waals surface area contributed by atoms with E-state index in [9.17, 15) is 4.79 Å². The van der Waals surface area contributed by atoms with Gasteiger partial charge in [0.05, 0.1) is 24.9 Å². The summed E-state index contributed by atoms with van der Waals surface area (Å²) in [4.78, 5) is 23.9. The maximum absolute atomic E-state index is 13.2. The van der Waals surface area contributed by atoms with Gasteiger partial charge in [0, 0.05) is 44.6 Å². The molecular weight excluding hydrogens is 480 g/mol. The summed E-state index contributed by atoms with van der Waals surface area (Å²) in [7, 11) is 1.75. The zero-order chi connectivity index (χ0) is 26.3. The molecular formula is C30H42N4O4. The van der Waals surface area contributed by atoms with Gasteiger partial charge in [0.1, 0.15) is 12.0 Å². The molecule has 2 aromatic rings. The molecule has 0 radical (unpaired) electrons. The molecule has 1 amide bonds. The van der Waals surface area contributed by atoms with Gasteiger partial charge in [0.25, 0.3) is 5.91 Å². The Morgan fingerprint density at radius 1 is 1.11 bits per heavy atom. The number of nitrogens with zero attached hydrogens (tertiary/aromatic N) is 3. The average Bonchev–Trinajstić information content (AvgIpc) is 2.97. The van der Waals surface area contributed by atoms with Gasteiger partial charge in [-0.2, -0.15) is 0 Å². The van der Waals surface area contributed by atoms with Gasteiger partial charge in [-0.05, 0) is 69.9 Å². The molecule has 4 heterocycles. The molecule has 0 unspecified atom stereocenters. The zero-order valence-corrected chi connectivity index (χ0v) is 22.8. The molecule has 1 aromatic heterocycles. The number of amides is 1. The Morgan fingerprint density at radius 2 is 1.92 bits per heavy atom. The van der Waals surface area contributed by atoms with Crippen molar-refractivity contribution in [3.63, 3.8) is 0 Å². The number of rotatable bonds is 8. The van der Waals surface area contributed by atoms with Gasteiger partial charge < -0.3 is 24.4 Å². The molecule has 0 bridgehead atoms. The fourth-order valence-corrected chi connectivity index (χ4v) is 5.95. The summed E-state index contributed by atoms with van der Waals surface area (Å²) in [6.07, 6.45) is 9.81. The highest BCUT2D eigenvalue weighted by Gasteiger charge is 2.31. The lowest BCUT2D eigenvalue weighted by Gasteiger charge is -2.38. The number of ether oxygens (including phenoxy) is 3. The Morgan fingerprint density at radius 3 is 2.71 bits per heavy atom. The van der Waals surface area contributed by atoms with Crippen LogP contribution in [0.5, 0.6) is 0 Å². The Kier molecular flexibility index (Phi) is 9.38. The quantitative estimate of drug-likeness (QED) is 0.560. The maximum Gasteiger partial charge on any atom is 0.272 e. The maximum atomic E-state index is 13.2. The highest BCUT2D eigenvalue weighted by atomic mass is 16.5. The smallest absolute Gasteiger partial charge is 0.272 e. The lowest BCUT2D eigenvalue weighted by Crippen LogP contribution is -2.54. The summed E-state index contributed by atoms with van der Waals surface area (Å²) in [6, 6.07) is 11.3. The Bertz CT molecular complexity index is 1040. The minimum Gasteiger partial charge on any atom is -0.379 e. The summed E-state index contributed by atoms with van der Waals surface area (Å²) in [6.45, 7) is 4.98. The molecule has 3 aliphatic rings. The lowest BCUT2D eigenvalue weighted by molar-refractivity contribution is -0.0547. The molecule has 3 aliphatic heterocycles. The van der Waals surface area contributed by atoms with Crippen LogP contribution in [-0.2, 0) is 20.6 Å². The predicted octanol–water partition coefficient (Wildman–Crippen LogP) is 4.03. The monoisotopic (exact) mass is 522 g/mol. The van der Waals surface area contributed by atoms with Crippen molar-refractivity contribution in [2.24, 2.45) is 0 Å². The van der Waals surface area contributed by atoms with E-state index in [1.807, 2.05) is 11.0 Å². The largest absolute Gasteiger partial charge is 0.379 e. The molecule has 1 N–H and O–H groups in total. The highest BCUT2D eigenvalue weighted by Crippen LogP contribution is 2.33. The number of hydrogen-bond acceptors (Lipinski definition) is 7. The van der Waals surface area contributed by atoms with E-state index in [1.165, 1.54) is 23.9 Å². The summed E-state index contributed by atoms with van der Waals surface area (Å²) >= 11 is 0. The molecule has 3 saturated heterocycles. The van der Waals surface area contributed by atoms with Crippen molar-refractivity contribution in [1.29, 1.82) is 0 Å². The minimum absolute atomic E-state index is 0.00119. The SMILES string of the molecule is CO[C@H]1COCC[C@H]1NC1CCN(C(=O)c2cc(CC[C@H]3CCC[C@@H](c4ccc(C)cc4)O3)ncn2)CC1. The Balaban J connectivity index is 1.10. The van der Waals surface area contributed by atoms with Crippen LogP contribution in [0.25, 0.3) is 0 Å². The molecule has 0 aliphatic carbocycles. The van der Waals surface area contributed by atoms with Crippen LogP contribution in [0.3, 0.4) is 0 Å². The number of benzene rings is 1. The number of carbonyl (C=O) groups excluding carboxylic acids is 1. The standard InChI is InChI=1S/C30H42N4O4/c1-21-6-8-22(9-7-21)28-5-3-4-25(38-28)11-10-24-18-27(32-20-31-24)30(35)34-15-12-23(13-16-34)33-26-14-17-37-19-29(26)36-2/h6-9,18,20,23,25-26,28-29,33H,3-5,10-17,19H2,1-2H3/t25-,26-,28+,29+/m1/s1. The van der Waals surface area contributed by atoms with E-state index in [-0.39, 0.29) is 24.2 Å². The summed E-state index contributed by atoms with van der Waals surface area (Å²) in [5, 5.41) is 3.75. The molecule has 206 valence electrons. The molecule has 3 fully saturated rings. The number of methoxy groups -OCH3 is 1. The van der Waals surface area contributed by atoms with Gasteiger partial charge in [-0.3, -0.25) is 4.79 Å². The van der Waals surface area contributed by atoms with Crippen LogP contribution < -0.4 is 5.32 Å². The zero-order valence-electron chi connectivity index (χ0n) is 22.8. The van der Waals surface area contributed by atoms with Gasteiger partial charge in [-0.1, -0.05) is 29.8 Å². The van der Waals surface area contributed by atoms with Crippen molar-refractivity contribution >= 4 is 5.91 Å². The van der Waals surface area contributed by atoms with Gasteiger partial charge in [-0.15, -0.1) is 0 Å². The molecule has 0 saturated carbocycles. The van der Waals surface area contributed by atoms with Crippen molar-refractivity contribution < 1.29 is 19.0 Å². The third kappa shape index (κ3) is 6.97. The summed E-state index contributed by atoms with van der Waals surface area (Å²) in [5.74, 6) is 0.00119. The first-order chi connectivity index (χ1) is 18.6. The lowest BCUT2D eigenvalue weighted by atomic mass is 9.95. The van der Waals surface area contributed by atoms with Gasteiger partial charge >= 0.3 is 0 Å². The number of piperidine rings is 1. The second-order valence-electron chi connectivity index (χ2n) is 11.0. The third-order valence-corrected chi connectivity index (χ3v) is 8.30. The molecule has 8 heteroatoms. The highest BCUT2D eigenvalue weighted by molar-refractivity contribution is 5.92. The van der Waals surface area contributed by atoms with Gasteiger partial charge in [0.15, 0.2) is 0 Å². The van der Waals surface area contributed by atoms with E-state index in [0.717, 1.165) is 70.3 Å². The molecule has 8 nitrogen and oxygen atoms in total. The first kappa shape index (κ1) is 27.2. The molecule has 5 rings (SSSR count). The second kappa shape index (κ2) is 13.1. The molecule has 4 atom stereocenters. The number of carbonyl (C=O) groups is 1. The van der Waals surface area contributed by atoms with Crippen LogP contribution >= 0.6 is 0 Å². The normalized spacial score (nSPS) is 26.8. The fraction of sp³-hybridized carbons (Fsp3) is 0.633. The Labute approximate surface area is 226 Å². The van der Waals surface area contributed by atoms with Crippen LogP contribution in [0.4, 0.5) is 0 Å². The first-order valence-corrected chi connectivity index (χ1v) is 14.3. The average molecular weight is 523 g/mol. The van der Waals surface area contributed by atoms with Crippen molar-refractivity contribution in [1.82, 2.24) is 20.2 Å². The van der Waals surface area contributed by atoms with Crippen molar-refractivity contribution in [3.05, 3.63) is 59.2 Å². The van der Waals surface area contributed by atoms with Gasteiger partial charge in [-0.25, -0.2) is 9.97 Å². The minimum atomic E-state index is 0.00119. The summed E-state index contributed by atoms with van der Waals surface area (Å²) in [5.41, 5.74) is 3.94. The van der Waals surface area contributed by atoms with E-state index in [0.29, 0.717) is 24.4 Å². The van der Waals surface area contributed by atoms with Crippen LogP contribution in [-0.4, -0.2) is 78.5 Å². The Hall–Kier alpha value is -2.39.